The van der Waals surface area contributed by atoms with Gasteiger partial charge in [0.2, 0.25) is 5.91 Å². The van der Waals surface area contributed by atoms with Crippen LogP contribution >= 0.6 is 0 Å². The summed E-state index contributed by atoms with van der Waals surface area (Å²) >= 11 is 0. The van der Waals surface area contributed by atoms with Crippen LogP contribution in [-0.4, -0.2) is 62.0 Å². The first-order chi connectivity index (χ1) is 18.3. The first-order valence-corrected chi connectivity index (χ1v) is 13.8. The van der Waals surface area contributed by atoms with E-state index in [4.69, 9.17) is 4.52 Å². The Labute approximate surface area is 222 Å². The maximum absolute atomic E-state index is 13.5. The number of phenols is 1. The molecule has 0 radical (unpaired) electrons. The van der Waals surface area contributed by atoms with E-state index in [1.54, 1.807) is 12.1 Å². The van der Waals surface area contributed by atoms with Gasteiger partial charge in [-0.1, -0.05) is 38.1 Å². The van der Waals surface area contributed by atoms with Gasteiger partial charge in [-0.2, -0.15) is 0 Å². The predicted octanol–water partition coefficient (Wildman–Crippen LogP) is 4.20. The van der Waals surface area contributed by atoms with Crippen LogP contribution in [0.15, 0.2) is 40.9 Å². The number of para-hydroxylation sites is 1. The topological polar surface area (TPSA) is 108 Å². The number of anilines is 2. The van der Waals surface area contributed by atoms with Gasteiger partial charge in [-0.3, -0.25) is 4.79 Å². The molecule has 7 rings (SSSR count). The number of aromatic hydroxyl groups is 1. The summed E-state index contributed by atoms with van der Waals surface area (Å²) in [5, 5.41) is 26.9. The Balaban J connectivity index is 0.975. The second-order valence-electron chi connectivity index (χ2n) is 12.1. The molecule has 198 valence electrons. The minimum absolute atomic E-state index is 0.0424. The number of amides is 1. The highest BCUT2D eigenvalue weighted by molar-refractivity contribution is 5.82. The third-order valence-corrected chi connectivity index (χ3v) is 9.37. The van der Waals surface area contributed by atoms with E-state index in [1.165, 1.54) is 0 Å². The number of carbonyl (C=O) groups is 1. The molecule has 9 heteroatoms. The van der Waals surface area contributed by atoms with Crippen LogP contribution in [0.1, 0.15) is 57.3 Å². The summed E-state index contributed by atoms with van der Waals surface area (Å²) < 4.78 is 5.66. The summed E-state index contributed by atoms with van der Waals surface area (Å²) in [5.41, 5.74) is 2.32. The number of nitrogens with zero attached hydrogens (tertiary/aromatic N) is 5. The van der Waals surface area contributed by atoms with Gasteiger partial charge < -0.3 is 24.7 Å². The molecule has 1 aromatic carbocycles. The van der Waals surface area contributed by atoms with E-state index in [0.717, 1.165) is 61.7 Å². The van der Waals surface area contributed by atoms with Crippen molar-refractivity contribution in [3.05, 3.63) is 47.7 Å². The number of nitrogens with one attached hydrogen (secondary N) is 1. The smallest absolute Gasteiger partial charge is 0.226 e. The van der Waals surface area contributed by atoms with Gasteiger partial charge in [0, 0.05) is 47.7 Å². The normalized spacial score (nSPS) is 28.1. The maximum Gasteiger partial charge on any atom is 0.226 e. The van der Waals surface area contributed by atoms with E-state index in [2.05, 4.69) is 57.3 Å². The van der Waals surface area contributed by atoms with Crippen LogP contribution in [0.5, 0.6) is 5.75 Å². The largest absolute Gasteiger partial charge is 0.507 e. The van der Waals surface area contributed by atoms with E-state index < -0.39 is 0 Å². The molecule has 2 aromatic heterocycles. The molecule has 3 atom stereocenters. The number of hydrogen-bond acceptors (Lipinski definition) is 8. The van der Waals surface area contributed by atoms with Crippen LogP contribution in [0, 0.1) is 11.8 Å². The second-order valence-corrected chi connectivity index (χ2v) is 12.1. The van der Waals surface area contributed by atoms with Crippen LogP contribution in [0.25, 0.3) is 11.3 Å². The molecule has 38 heavy (non-hydrogen) atoms. The number of benzene rings is 1. The van der Waals surface area contributed by atoms with E-state index in [9.17, 15) is 9.90 Å². The molecule has 9 nitrogen and oxygen atoms in total. The summed E-state index contributed by atoms with van der Waals surface area (Å²) in [4.78, 5) is 18.0. The van der Waals surface area contributed by atoms with Crippen molar-refractivity contribution in [2.75, 3.05) is 23.3 Å². The molecule has 3 fully saturated rings. The van der Waals surface area contributed by atoms with Crippen LogP contribution in [-0.2, 0) is 11.2 Å². The van der Waals surface area contributed by atoms with Gasteiger partial charge in [0.05, 0.1) is 17.8 Å². The Morgan fingerprint density at radius 1 is 1.13 bits per heavy atom. The van der Waals surface area contributed by atoms with Crippen LogP contribution < -0.4 is 10.2 Å². The van der Waals surface area contributed by atoms with Gasteiger partial charge in [-0.15, -0.1) is 10.2 Å². The first-order valence-electron chi connectivity index (χ1n) is 13.8. The Morgan fingerprint density at radius 3 is 2.68 bits per heavy atom. The molecule has 1 amide bonds. The van der Waals surface area contributed by atoms with Gasteiger partial charge >= 0.3 is 0 Å². The summed E-state index contributed by atoms with van der Waals surface area (Å²) in [7, 11) is 0. The average molecular weight is 515 g/mol. The van der Waals surface area contributed by atoms with Crippen molar-refractivity contribution in [2.45, 2.75) is 70.0 Å². The Hall–Kier alpha value is -3.62. The number of aromatic nitrogens is 3. The van der Waals surface area contributed by atoms with Gasteiger partial charge in [0.1, 0.15) is 11.5 Å². The van der Waals surface area contributed by atoms with Crippen molar-refractivity contribution in [1.29, 1.82) is 0 Å². The number of hydrogen-bond donors (Lipinski definition) is 2. The Bertz CT molecular complexity index is 1400. The number of fused-ring (bicyclic) bond motifs is 3. The molecular weight excluding hydrogens is 480 g/mol. The van der Waals surface area contributed by atoms with Crippen LogP contribution in [0.2, 0.25) is 0 Å². The lowest BCUT2D eigenvalue weighted by Gasteiger charge is -2.47. The van der Waals surface area contributed by atoms with E-state index in [0.29, 0.717) is 29.1 Å². The number of piperazine rings is 1. The minimum atomic E-state index is -0.121. The summed E-state index contributed by atoms with van der Waals surface area (Å²) in [6.07, 6.45) is 3.45. The van der Waals surface area contributed by atoms with Gasteiger partial charge in [0.15, 0.2) is 11.6 Å². The highest BCUT2D eigenvalue weighted by Gasteiger charge is 2.55. The number of carbonyl (C=O) groups excluding carboxylic acids is 1. The lowest BCUT2D eigenvalue weighted by molar-refractivity contribution is -0.141. The fourth-order valence-electron chi connectivity index (χ4n) is 6.87. The number of phenolic OH excluding ortho intramolecular Hbond substituents is 1. The molecule has 3 aliphatic heterocycles. The molecule has 2 saturated heterocycles. The minimum Gasteiger partial charge on any atom is -0.507 e. The third kappa shape index (κ3) is 3.66. The zero-order chi connectivity index (χ0) is 26.2. The lowest BCUT2D eigenvalue weighted by Crippen LogP contribution is -2.57. The Morgan fingerprint density at radius 2 is 1.95 bits per heavy atom. The first kappa shape index (κ1) is 23.5. The van der Waals surface area contributed by atoms with Gasteiger partial charge in [-0.25, -0.2) is 0 Å². The van der Waals surface area contributed by atoms with E-state index >= 15 is 0 Å². The molecule has 1 saturated carbocycles. The van der Waals surface area contributed by atoms with Crippen molar-refractivity contribution < 1.29 is 14.4 Å². The average Bonchev–Trinajstić information content (AvgIpc) is 3.68. The monoisotopic (exact) mass is 514 g/mol. The zero-order valence-corrected chi connectivity index (χ0v) is 22.1. The van der Waals surface area contributed by atoms with Crippen molar-refractivity contribution in [2.24, 2.45) is 11.8 Å². The van der Waals surface area contributed by atoms with Crippen molar-refractivity contribution in [3.63, 3.8) is 0 Å². The summed E-state index contributed by atoms with van der Waals surface area (Å²) in [5.74, 6) is 4.00. The summed E-state index contributed by atoms with van der Waals surface area (Å²) in [6, 6.07) is 11.8. The highest BCUT2D eigenvalue weighted by atomic mass is 16.5. The standard InChI is InChI=1S/C29H34N6O3/c1-16(2)17(3)25-10-26(33-38-25)34-14-21-9-20(34)15-35(21)28(37)19-12-29(13-19)11-18-8-23(31-32-27(18)30-29)22-6-4-5-7-24(22)36/h4-8,10,16-17,19-21,36H,9,11-15H2,1-3H3,(H,30,32)/t17-,19-,20-,21-,29-/m1/s1. The quantitative estimate of drug-likeness (QED) is 0.522. The fraction of sp³-hybridized carbons (Fsp3) is 0.517. The van der Waals surface area contributed by atoms with Crippen molar-refractivity contribution >= 4 is 17.5 Å². The van der Waals surface area contributed by atoms with Gasteiger partial charge in [-0.05, 0) is 49.8 Å². The Kier molecular flexibility index (Phi) is 5.22. The molecule has 1 spiro atoms. The molecule has 2 N–H and O–H groups in total. The molecule has 1 aliphatic carbocycles. The maximum atomic E-state index is 13.5. The molecule has 5 heterocycles. The predicted molar refractivity (Wildman–Crippen MR) is 143 cm³/mol. The SMILES string of the molecule is CC(C)[C@@H](C)c1cc(N2C[C@H]3C[C@@H]2CN3C(=O)[C@H]2C[C@@]3(Cc4cc(-c5ccccc5O)nnc4N3)C2)no1. The molecule has 2 bridgehead atoms. The second kappa shape index (κ2) is 8.44. The zero-order valence-electron chi connectivity index (χ0n) is 22.1. The number of likely N-dealkylation sites (tertiary alicyclic amines) is 1. The van der Waals surface area contributed by atoms with E-state index in [-0.39, 0.29) is 29.2 Å². The lowest BCUT2D eigenvalue weighted by atomic mass is 9.66. The molecule has 3 aromatic rings. The fourth-order valence-corrected chi connectivity index (χ4v) is 6.87. The highest BCUT2D eigenvalue weighted by Crippen LogP contribution is 2.49. The van der Waals surface area contributed by atoms with Crippen LogP contribution in [0.4, 0.5) is 11.6 Å². The summed E-state index contributed by atoms with van der Waals surface area (Å²) in [6.45, 7) is 8.15. The molecular formula is C29H34N6O3. The van der Waals surface area contributed by atoms with Crippen molar-refractivity contribution in [1.82, 2.24) is 20.3 Å². The molecule has 0 unspecified atom stereocenters. The number of rotatable bonds is 5. The molecule has 4 aliphatic rings. The van der Waals surface area contributed by atoms with E-state index in [1.807, 2.05) is 18.2 Å². The third-order valence-electron chi connectivity index (χ3n) is 9.37. The van der Waals surface area contributed by atoms with Crippen LogP contribution in [0.3, 0.4) is 0 Å². The van der Waals surface area contributed by atoms with Crippen molar-refractivity contribution in [3.8, 4) is 17.0 Å². The van der Waals surface area contributed by atoms with Gasteiger partial charge in [0.25, 0.3) is 0 Å².